The predicted octanol–water partition coefficient (Wildman–Crippen LogP) is -1.41. The third-order valence-electron chi connectivity index (χ3n) is 2.71. The molecule has 8 heteroatoms. The van der Waals surface area contributed by atoms with Gasteiger partial charge in [-0.1, -0.05) is 0 Å². The Balaban J connectivity index is 1.78. The fourth-order valence-electron chi connectivity index (χ4n) is 1.74. The average molecular weight is 259 g/mol. The van der Waals surface area contributed by atoms with Crippen LogP contribution in [0, 0.1) is 0 Å². The van der Waals surface area contributed by atoms with E-state index in [-0.39, 0.29) is 4.90 Å². The van der Waals surface area contributed by atoms with Crippen molar-refractivity contribution in [3.05, 3.63) is 12.4 Å². The van der Waals surface area contributed by atoms with Crippen molar-refractivity contribution in [1.82, 2.24) is 25.1 Å². The summed E-state index contributed by atoms with van der Waals surface area (Å²) in [7, 11) is -3.40. The Morgan fingerprint density at radius 2 is 2.18 bits per heavy atom. The SMILES string of the molecule is O=S(=O)(NCCN1CCNCC1)c1cn[nH]c1. The van der Waals surface area contributed by atoms with Gasteiger partial charge in [0.1, 0.15) is 4.90 Å². The normalized spacial score (nSPS) is 18.4. The fraction of sp³-hybridized carbons (Fsp3) is 0.667. The molecule has 0 unspecified atom stereocenters. The second kappa shape index (κ2) is 5.58. The lowest BCUT2D eigenvalue weighted by atomic mass is 10.3. The van der Waals surface area contributed by atoms with E-state index in [4.69, 9.17) is 0 Å². The Bertz CT molecular complexity index is 424. The van der Waals surface area contributed by atoms with E-state index >= 15 is 0 Å². The standard InChI is InChI=1S/C9H17N5O2S/c15-17(16,9-7-11-12-8-9)13-3-6-14-4-1-10-2-5-14/h7-8,10,13H,1-6H2,(H,11,12). The summed E-state index contributed by atoms with van der Waals surface area (Å²) in [4.78, 5) is 2.41. The van der Waals surface area contributed by atoms with Crippen LogP contribution in [0.4, 0.5) is 0 Å². The van der Waals surface area contributed by atoms with Gasteiger partial charge < -0.3 is 5.32 Å². The molecular formula is C9H17N5O2S. The van der Waals surface area contributed by atoms with Crippen molar-refractivity contribution in [2.75, 3.05) is 39.3 Å². The van der Waals surface area contributed by atoms with Gasteiger partial charge in [0.25, 0.3) is 0 Å². The highest BCUT2D eigenvalue weighted by molar-refractivity contribution is 7.89. The molecule has 96 valence electrons. The van der Waals surface area contributed by atoms with Crippen LogP contribution in [0.3, 0.4) is 0 Å². The lowest BCUT2D eigenvalue weighted by molar-refractivity contribution is 0.245. The fourth-order valence-corrected chi connectivity index (χ4v) is 2.67. The summed E-state index contributed by atoms with van der Waals surface area (Å²) in [5.74, 6) is 0. The van der Waals surface area contributed by atoms with Crippen LogP contribution in [-0.4, -0.2) is 62.8 Å². The van der Waals surface area contributed by atoms with Gasteiger partial charge in [-0.25, -0.2) is 13.1 Å². The molecule has 1 aliphatic heterocycles. The Hall–Kier alpha value is -0.960. The molecule has 0 spiro atoms. The first kappa shape index (κ1) is 12.5. The van der Waals surface area contributed by atoms with Gasteiger partial charge in [-0.15, -0.1) is 0 Å². The molecule has 1 aromatic heterocycles. The Kier molecular flexibility index (Phi) is 4.11. The number of H-pyrrole nitrogens is 1. The third kappa shape index (κ3) is 3.50. The molecule has 0 aliphatic carbocycles. The number of piperazine rings is 1. The smallest absolute Gasteiger partial charge is 0.243 e. The van der Waals surface area contributed by atoms with Gasteiger partial charge in [0.05, 0.1) is 6.20 Å². The van der Waals surface area contributed by atoms with Gasteiger partial charge in [0.2, 0.25) is 10.0 Å². The molecule has 0 radical (unpaired) electrons. The van der Waals surface area contributed by atoms with Gasteiger partial charge in [-0.3, -0.25) is 10.00 Å². The van der Waals surface area contributed by atoms with Gasteiger partial charge in [-0.2, -0.15) is 5.10 Å². The summed E-state index contributed by atoms with van der Waals surface area (Å²) >= 11 is 0. The maximum atomic E-state index is 11.7. The quantitative estimate of drug-likeness (QED) is 0.604. The highest BCUT2D eigenvalue weighted by Gasteiger charge is 2.15. The van der Waals surface area contributed by atoms with Crippen LogP contribution in [0.2, 0.25) is 0 Å². The second-order valence-corrected chi connectivity index (χ2v) is 5.69. The van der Waals surface area contributed by atoms with E-state index in [0.29, 0.717) is 6.54 Å². The summed E-state index contributed by atoms with van der Waals surface area (Å²) in [6.45, 7) is 5.02. The number of hydrogen-bond donors (Lipinski definition) is 3. The van der Waals surface area contributed by atoms with Crippen LogP contribution >= 0.6 is 0 Å². The van der Waals surface area contributed by atoms with Crippen molar-refractivity contribution in [3.8, 4) is 0 Å². The first-order valence-corrected chi connectivity index (χ1v) is 7.08. The van der Waals surface area contributed by atoms with Gasteiger partial charge in [-0.05, 0) is 0 Å². The molecule has 17 heavy (non-hydrogen) atoms. The van der Waals surface area contributed by atoms with E-state index in [1.807, 2.05) is 0 Å². The van der Waals surface area contributed by atoms with Crippen molar-refractivity contribution in [1.29, 1.82) is 0 Å². The Morgan fingerprint density at radius 3 is 2.82 bits per heavy atom. The molecule has 1 fully saturated rings. The van der Waals surface area contributed by atoms with E-state index < -0.39 is 10.0 Å². The molecule has 0 bridgehead atoms. The van der Waals surface area contributed by atoms with Gasteiger partial charge >= 0.3 is 0 Å². The van der Waals surface area contributed by atoms with Crippen LogP contribution in [0.15, 0.2) is 17.3 Å². The average Bonchev–Trinajstić information content (AvgIpc) is 2.84. The van der Waals surface area contributed by atoms with Crippen LogP contribution in [0.5, 0.6) is 0 Å². The minimum Gasteiger partial charge on any atom is -0.314 e. The molecule has 7 nitrogen and oxygen atoms in total. The molecule has 3 N–H and O–H groups in total. The van der Waals surface area contributed by atoms with Crippen LogP contribution in [0.25, 0.3) is 0 Å². The van der Waals surface area contributed by atoms with Gasteiger partial charge in [0, 0.05) is 45.5 Å². The molecule has 1 aliphatic rings. The van der Waals surface area contributed by atoms with Crippen molar-refractivity contribution in [2.24, 2.45) is 0 Å². The molecule has 0 saturated carbocycles. The zero-order chi connectivity index (χ0) is 12.1. The largest absolute Gasteiger partial charge is 0.314 e. The zero-order valence-corrected chi connectivity index (χ0v) is 10.3. The number of aromatic amines is 1. The first-order valence-electron chi connectivity index (χ1n) is 5.60. The minimum atomic E-state index is -3.40. The molecule has 0 aromatic carbocycles. The van der Waals surface area contributed by atoms with Crippen molar-refractivity contribution in [2.45, 2.75) is 4.90 Å². The van der Waals surface area contributed by atoms with Crippen LogP contribution in [0.1, 0.15) is 0 Å². The highest BCUT2D eigenvalue weighted by Crippen LogP contribution is 2.03. The third-order valence-corrected chi connectivity index (χ3v) is 4.14. The summed E-state index contributed by atoms with van der Waals surface area (Å²) < 4.78 is 26.0. The summed E-state index contributed by atoms with van der Waals surface area (Å²) in [5.41, 5.74) is 0. The first-order chi connectivity index (χ1) is 8.18. The number of aromatic nitrogens is 2. The highest BCUT2D eigenvalue weighted by atomic mass is 32.2. The maximum absolute atomic E-state index is 11.7. The van der Waals surface area contributed by atoms with E-state index in [1.165, 1.54) is 12.4 Å². The number of hydrogen-bond acceptors (Lipinski definition) is 5. The van der Waals surface area contributed by atoms with Crippen LogP contribution in [-0.2, 0) is 10.0 Å². The number of nitrogens with one attached hydrogen (secondary N) is 3. The molecule has 0 atom stereocenters. The predicted molar refractivity (Wildman–Crippen MR) is 63.1 cm³/mol. The molecule has 1 aromatic rings. The van der Waals surface area contributed by atoms with Gasteiger partial charge in [0.15, 0.2) is 0 Å². The number of nitrogens with zero attached hydrogens (tertiary/aromatic N) is 2. The van der Waals surface area contributed by atoms with E-state index in [1.54, 1.807) is 0 Å². The number of rotatable bonds is 5. The van der Waals surface area contributed by atoms with Crippen molar-refractivity contribution in [3.63, 3.8) is 0 Å². The Labute approximate surface area is 101 Å². The molecular weight excluding hydrogens is 242 g/mol. The Morgan fingerprint density at radius 1 is 1.41 bits per heavy atom. The lowest BCUT2D eigenvalue weighted by Crippen LogP contribution is -2.46. The monoisotopic (exact) mass is 259 g/mol. The van der Waals surface area contributed by atoms with E-state index in [0.717, 1.165) is 32.7 Å². The topological polar surface area (TPSA) is 90.1 Å². The lowest BCUT2D eigenvalue weighted by Gasteiger charge is -2.26. The summed E-state index contributed by atoms with van der Waals surface area (Å²) in [5, 5.41) is 9.36. The van der Waals surface area contributed by atoms with E-state index in [9.17, 15) is 8.42 Å². The molecule has 1 saturated heterocycles. The van der Waals surface area contributed by atoms with Crippen molar-refractivity contribution < 1.29 is 8.42 Å². The maximum Gasteiger partial charge on any atom is 0.243 e. The molecule has 0 amide bonds. The zero-order valence-electron chi connectivity index (χ0n) is 9.52. The minimum absolute atomic E-state index is 0.179. The van der Waals surface area contributed by atoms with Crippen molar-refractivity contribution >= 4 is 10.0 Å². The summed E-state index contributed by atoms with van der Waals surface area (Å²) in [6, 6.07) is 0. The van der Waals surface area contributed by atoms with E-state index in [2.05, 4.69) is 25.1 Å². The molecule has 2 rings (SSSR count). The summed E-state index contributed by atoms with van der Waals surface area (Å²) in [6.07, 6.45) is 2.67. The second-order valence-electron chi connectivity index (χ2n) is 3.92. The number of sulfonamides is 1. The van der Waals surface area contributed by atoms with Crippen LogP contribution < -0.4 is 10.0 Å². The molecule has 2 heterocycles.